The summed E-state index contributed by atoms with van der Waals surface area (Å²) >= 11 is 0. The summed E-state index contributed by atoms with van der Waals surface area (Å²) in [5.41, 5.74) is 6.70. The molecule has 1 aromatic rings. The Hall–Kier alpha value is -2.86. The first kappa shape index (κ1) is 28.1. The lowest BCUT2D eigenvalue weighted by Gasteiger charge is -2.28. The molecule has 3 nitrogen and oxygen atoms in total. The van der Waals surface area contributed by atoms with Crippen LogP contribution in [0.2, 0.25) is 0 Å². The molecule has 0 aromatic heterocycles. The highest BCUT2D eigenvalue weighted by Gasteiger charge is 2.30. The predicted molar refractivity (Wildman–Crippen MR) is 132 cm³/mol. The van der Waals surface area contributed by atoms with E-state index < -0.39 is 0 Å². The molecule has 0 aliphatic carbocycles. The van der Waals surface area contributed by atoms with Gasteiger partial charge in [0.05, 0.1) is 18.8 Å². The average molecular weight is 422 g/mol. The highest BCUT2D eigenvalue weighted by Crippen LogP contribution is 2.43. The van der Waals surface area contributed by atoms with Gasteiger partial charge in [-0.25, -0.2) is 0 Å². The summed E-state index contributed by atoms with van der Waals surface area (Å²) in [7, 11) is 1.63. The van der Waals surface area contributed by atoms with E-state index in [2.05, 4.69) is 26.5 Å². The van der Waals surface area contributed by atoms with Gasteiger partial charge < -0.3 is 4.74 Å². The van der Waals surface area contributed by atoms with E-state index in [0.29, 0.717) is 11.1 Å². The first-order valence-electron chi connectivity index (χ1n) is 10.8. The third-order valence-electron chi connectivity index (χ3n) is 4.87. The molecule has 0 aliphatic heterocycles. The molecule has 3 heteroatoms. The number of methoxy groups -OCH3 is 1. The van der Waals surface area contributed by atoms with Crippen LogP contribution in [0.4, 0.5) is 0 Å². The van der Waals surface area contributed by atoms with E-state index in [1.807, 2.05) is 59.7 Å². The van der Waals surface area contributed by atoms with Crippen LogP contribution in [0.1, 0.15) is 78.9 Å². The van der Waals surface area contributed by atoms with E-state index in [0.717, 1.165) is 39.2 Å². The number of carbonyl (C=O) groups excluding carboxylic acids is 1. The first-order chi connectivity index (χ1) is 14.5. The van der Waals surface area contributed by atoms with E-state index in [1.54, 1.807) is 20.1 Å². The summed E-state index contributed by atoms with van der Waals surface area (Å²) in [4.78, 5) is 12.7. The number of hydrogen-bond donors (Lipinski definition) is 0. The maximum Gasteiger partial charge on any atom is 0.156 e. The molecule has 0 saturated heterocycles. The number of allylic oxidation sites excluding steroid dienone is 7. The zero-order valence-corrected chi connectivity index (χ0v) is 21.1. The topological polar surface area (TPSA) is 50.1 Å². The number of Topliss-reactive ketones (excluding diaryl/α,β-unsaturated/α-hetero) is 1. The summed E-state index contributed by atoms with van der Waals surface area (Å²) in [6.07, 6.45) is 3.04. The Morgan fingerprint density at radius 3 is 2.06 bits per heavy atom. The average Bonchev–Trinajstić information content (AvgIpc) is 2.68. The van der Waals surface area contributed by atoms with Crippen molar-refractivity contribution >= 4 is 5.78 Å². The van der Waals surface area contributed by atoms with Gasteiger partial charge in [-0.15, -0.1) is 0 Å². The van der Waals surface area contributed by atoms with Gasteiger partial charge in [0.1, 0.15) is 5.75 Å². The Morgan fingerprint density at radius 1 is 1.16 bits per heavy atom. The lowest BCUT2D eigenvalue weighted by atomic mass is 9.75. The number of aryl methyl sites for hydroxylation is 1. The molecule has 0 spiro atoms. The van der Waals surface area contributed by atoms with Crippen molar-refractivity contribution in [1.29, 1.82) is 5.26 Å². The molecule has 168 valence electrons. The fraction of sp³-hybridized carbons (Fsp3) is 0.429. The number of ether oxygens (including phenoxy) is 1. The van der Waals surface area contributed by atoms with Crippen LogP contribution in [-0.4, -0.2) is 12.9 Å². The second kappa shape index (κ2) is 13.4. The Balaban J connectivity index is 0.00000282. The molecule has 0 saturated carbocycles. The lowest BCUT2D eigenvalue weighted by Crippen LogP contribution is -2.17. The maximum absolute atomic E-state index is 12.7. The third kappa shape index (κ3) is 7.40. The highest BCUT2D eigenvalue weighted by atomic mass is 16.5. The minimum absolute atomic E-state index is 0.00170. The smallest absolute Gasteiger partial charge is 0.156 e. The second-order valence-electron chi connectivity index (χ2n) is 7.99. The molecule has 0 bridgehead atoms. The van der Waals surface area contributed by atoms with Crippen LogP contribution in [0.25, 0.3) is 0 Å². The van der Waals surface area contributed by atoms with E-state index >= 15 is 0 Å². The standard InChI is InChI=1S/C25H31NO2.C3H8/c1-10-20(14-26)18(7)23(15(2)3)25(24(16(4)5)19(8)27)21-12-11-17(6)13-22(21)28-9;1-3-2/h10-13,25H,2H2,1,3-9H3;3H2,1-2H3/b20-10-,23-18+;. The van der Waals surface area contributed by atoms with Crippen molar-refractivity contribution in [1.82, 2.24) is 0 Å². The van der Waals surface area contributed by atoms with Gasteiger partial charge in [-0.05, 0) is 71.2 Å². The minimum atomic E-state index is -0.362. The van der Waals surface area contributed by atoms with Crippen molar-refractivity contribution in [3.8, 4) is 11.8 Å². The Bertz CT molecular complexity index is 932. The molecular formula is C28H39NO2. The monoisotopic (exact) mass is 421 g/mol. The molecule has 0 fully saturated rings. The number of benzene rings is 1. The number of rotatable bonds is 7. The fourth-order valence-electron chi connectivity index (χ4n) is 3.65. The van der Waals surface area contributed by atoms with Crippen LogP contribution in [0.5, 0.6) is 5.75 Å². The Morgan fingerprint density at radius 2 is 1.71 bits per heavy atom. The van der Waals surface area contributed by atoms with Crippen LogP contribution in [0, 0.1) is 18.3 Å². The van der Waals surface area contributed by atoms with E-state index in [9.17, 15) is 10.1 Å². The molecule has 1 rings (SSSR count). The van der Waals surface area contributed by atoms with Crippen molar-refractivity contribution in [2.75, 3.05) is 7.11 Å². The van der Waals surface area contributed by atoms with Gasteiger partial charge in [-0.2, -0.15) is 5.26 Å². The molecule has 1 unspecified atom stereocenters. The van der Waals surface area contributed by atoms with Crippen LogP contribution >= 0.6 is 0 Å². The van der Waals surface area contributed by atoms with E-state index in [4.69, 9.17) is 4.74 Å². The van der Waals surface area contributed by atoms with Gasteiger partial charge in [0.15, 0.2) is 5.78 Å². The molecule has 31 heavy (non-hydrogen) atoms. The van der Waals surface area contributed by atoms with Gasteiger partial charge in [-0.3, -0.25) is 4.79 Å². The van der Waals surface area contributed by atoms with Crippen molar-refractivity contribution in [2.45, 2.75) is 74.7 Å². The van der Waals surface area contributed by atoms with Crippen LogP contribution < -0.4 is 4.74 Å². The molecule has 0 radical (unpaired) electrons. The highest BCUT2D eigenvalue weighted by molar-refractivity contribution is 5.97. The minimum Gasteiger partial charge on any atom is -0.496 e. The van der Waals surface area contributed by atoms with Gasteiger partial charge >= 0.3 is 0 Å². The number of ketones is 1. The number of nitriles is 1. The summed E-state index contributed by atoms with van der Waals surface area (Å²) in [5.74, 6) is 0.354. The molecule has 0 amide bonds. The van der Waals surface area contributed by atoms with E-state index in [-0.39, 0.29) is 11.7 Å². The third-order valence-corrected chi connectivity index (χ3v) is 4.87. The van der Waals surface area contributed by atoms with Crippen LogP contribution in [-0.2, 0) is 4.79 Å². The van der Waals surface area contributed by atoms with Crippen molar-refractivity contribution in [3.63, 3.8) is 0 Å². The molecule has 1 aromatic carbocycles. The molecular weight excluding hydrogens is 382 g/mol. The van der Waals surface area contributed by atoms with Gasteiger partial charge in [0.25, 0.3) is 0 Å². The van der Waals surface area contributed by atoms with Crippen LogP contribution in [0.3, 0.4) is 0 Å². The second-order valence-corrected chi connectivity index (χ2v) is 7.99. The van der Waals surface area contributed by atoms with Crippen molar-refractivity contribution in [2.24, 2.45) is 0 Å². The lowest BCUT2D eigenvalue weighted by molar-refractivity contribution is -0.113. The summed E-state index contributed by atoms with van der Waals surface area (Å²) in [5, 5.41) is 9.59. The largest absolute Gasteiger partial charge is 0.496 e. The zero-order valence-electron chi connectivity index (χ0n) is 21.1. The molecule has 1 atom stereocenters. The number of hydrogen-bond acceptors (Lipinski definition) is 3. The Kier molecular flexibility index (Phi) is 12.2. The van der Waals surface area contributed by atoms with Gasteiger partial charge in [-0.1, -0.05) is 56.2 Å². The number of carbonyl (C=O) groups is 1. The van der Waals surface area contributed by atoms with Crippen molar-refractivity contribution in [3.05, 3.63) is 75.4 Å². The predicted octanol–water partition coefficient (Wildman–Crippen LogP) is 7.79. The molecule has 0 N–H and O–H groups in total. The van der Waals surface area contributed by atoms with Gasteiger partial charge in [0.2, 0.25) is 0 Å². The SMILES string of the molecule is C=C(C)/C(=C(C)\C(C#N)=C/C)C(C(C(C)=O)=C(C)C)c1ccc(C)cc1OC.CCC. The zero-order chi connectivity index (χ0) is 24.3. The summed E-state index contributed by atoms with van der Waals surface area (Å²) < 4.78 is 5.67. The quantitative estimate of drug-likeness (QED) is 0.256. The first-order valence-corrected chi connectivity index (χ1v) is 10.8. The van der Waals surface area contributed by atoms with Crippen molar-refractivity contribution < 1.29 is 9.53 Å². The number of nitrogens with zero attached hydrogens (tertiary/aromatic N) is 1. The molecule has 0 heterocycles. The fourth-order valence-corrected chi connectivity index (χ4v) is 3.65. The summed E-state index contributed by atoms with van der Waals surface area (Å²) in [6.45, 7) is 21.6. The maximum atomic E-state index is 12.7. The van der Waals surface area contributed by atoms with Crippen LogP contribution in [0.15, 0.2) is 64.3 Å². The molecule has 0 aliphatic rings. The van der Waals surface area contributed by atoms with Gasteiger partial charge in [0, 0.05) is 17.1 Å². The summed E-state index contributed by atoms with van der Waals surface area (Å²) in [6, 6.07) is 8.24. The van der Waals surface area contributed by atoms with E-state index in [1.165, 1.54) is 6.42 Å². The Labute approximate surface area is 189 Å². The normalized spacial score (nSPS) is 12.5.